The van der Waals surface area contributed by atoms with Gasteiger partial charge in [-0.15, -0.1) is 0 Å². The maximum absolute atomic E-state index is 13.0. The topological polar surface area (TPSA) is 116 Å². The van der Waals surface area contributed by atoms with Crippen molar-refractivity contribution in [2.75, 3.05) is 11.9 Å². The summed E-state index contributed by atoms with van der Waals surface area (Å²) >= 11 is 0. The van der Waals surface area contributed by atoms with Crippen LogP contribution >= 0.6 is 0 Å². The zero-order valence-corrected chi connectivity index (χ0v) is 14.3. The van der Waals surface area contributed by atoms with Gasteiger partial charge in [-0.2, -0.15) is 0 Å². The van der Waals surface area contributed by atoms with Crippen LogP contribution in [-0.2, 0) is 19.6 Å². The third-order valence-corrected chi connectivity index (χ3v) is 4.26. The molecule has 0 bridgehead atoms. The van der Waals surface area contributed by atoms with Crippen LogP contribution in [0.4, 0.5) is 14.5 Å². The highest BCUT2D eigenvalue weighted by Crippen LogP contribution is 2.16. The molecule has 1 amide bonds. The van der Waals surface area contributed by atoms with Crippen molar-refractivity contribution in [1.82, 2.24) is 0 Å². The van der Waals surface area contributed by atoms with Crippen molar-refractivity contribution in [3.8, 4) is 0 Å². The molecule has 0 aromatic heterocycles. The number of sulfonamides is 1. The number of ether oxygens (including phenoxy) is 1. The van der Waals surface area contributed by atoms with Gasteiger partial charge in [-0.3, -0.25) is 4.79 Å². The lowest BCUT2D eigenvalue weighted by molar-refractivity contribution is -0.119. The molecule has 0 heterocycles. The van der Waals surface area contributed by atoms with E-state index >= 15 is 0 Å². The number of hydrogen-bond donors (Lipinski definition) is 2. The van der Waals surface area contributed by atoms with Crippen LogP contribution in [0.1, 0.15) is 15.9 Å². The summed E-state index contributed by atoms with van der Waals surface area (Å²) in [5.74, 6) is -3.56. The van der Waals surface area contributed by atoms with Gasteiger partial charge in [0.15, 0.2) is 6.61 Å². The van der Waals surface area contributed by atoms with E-state index in [0.29, 0.717) is 11.6 Å². The first kappa shape index (κ1) is 19.5. The fourth-order valence-electron chi connectivity index (χ4n) is 2.07. The number of esters is 1. The molecule has 0 spiro atoms. The van der Waals surface area contributed by atoms with Crippen LogP contribution in [0.25, 0.3) is 0 Å². The average molecular weight is 384 g/mol. The summed E-state index contributed by atoms with van der Waals surface area (Å²) in [5, 5.41) is 7.22. The summed E-state index contributed by atoms with van der Waals surface area (Å²) in [6, 6.07) is 6.13. The van der Waals surface area contributed by atoms with Gasteiger partial charge in [0.2, 0.25) is 10.0 Å². The highest BCUT2D eigenvalue weighted by atomic mass is 32.2. The molecule has 0 saturated heterocycles. The van der Waals surface area contributed by atoms with E-state index < -0.39 is 40.1 Å². The normalized spacial score (nSPS) is 11.1. The van der Waals surface area contributed by atoms with Gasteiger partial charge >= 0.3 is 5.97 Å². The monoisotopic (exact) mass is 384 g/mol. The minimum Gasteiger partial charge on any atom is -0.452 e. The lowest BCUT2D eigenvalue weighted by Crippen LogP contribution is -2.21. The van der Waals surface area contributed by atoms with Gasteiger partial charge in [-0.1, -0.05) is 6.07 Å². The summed E-state index contributed by atoms with van der Waals surface area (Å²) < 4.78 is 53.8. The van der Waals surface area contributed by atoms with E-state index in [9.17, 15) is 26.8 Å². The lowest BCUT2D eigenvalue weighted by atomic mass is 10.1. The number of anilines is 1. The average Bonchev–Trinajstić information content (AvgIpc) is 2.51. The number of nitrogens with two attached hydrogens (primary N) is 1. The third-order valence-electron chi connectivity index (χ3n) is 3.21. The number of rotatable bonds is 5. The second kappa shape index (κ2) is 7.58. The van der Waals surface area contributed by atoms with Gasteiger partial charge in [-0.05, 0) is 36.8 Å². The Labute approximate surface area is 147 Å². The molecule has 10 heteroatoms. The standard InChI is InChI=1S/C16H14F2N2O5S/c1-9-2-3-10(4-14(9)26(19,23)24)16(22)25-8-15(21)20-13-6-11(17)5-12(18)7-13/h2-7H,8H2,1H3,(H,20,21)(H2,19,23,24). The van der Waals surface area contributed by atoms with E-state index in [2.05, 4.69) is 5.32 Å². The summed E-state index contributed by atoms with van der Waals surface area (Å²) in [7, 11) is -4.03. The van der Waals surface area contributed by atoms with Crippen molar-refractivity contribution in [2.24, 2.45) is 5.14 Å². The molecule has 2 aromatic carbocycles. The Morgan fingerprint density at radius 3 is 2.31 bits per heavy atom. The van der Waals surface area contributed by atoms with Gasteiger partial charge < -0.3 is 10.1 Å². The van der Waals surface area contributed by atoms with E-state index in [1.165, 1.54) is 19.1 Å². The molecule has 2 rings (SSSR count). The van der Waals surface area contributed by atoms with Gasteiger partial charge in [-0.25, -0.2) is 27.1 Å². The van der Waals surface area contributed by atoms with Crippen molar-refractivity contribution in [2.45, 2.75) is 11.8 Å². The van der Waals surface area contributed by atoms with Crippen LogP contribution in [0.15, 0.2) is 41.3 Å². The number of aryl methyl sites for hydroxylation is 1. The van der Waals surface area contributed by atoms with E-state index in [1.54, 1.807) is 0 Å². The van der Waals surface area contributed by atoms with Crippen molar-refractivity contribution in [3.05, 3.63) is 59.2 Å². The van der Waals surface area contributed by atoms with Crippen molar-refractivity contribution < 1.29 is 31.5 Å². The quantitative estimate of drug-likeness (QED) is 0.762. The van der Waals surface area contributed by atoms with Crippen LogP contribution in [0.5, 0.6) is 0 Å². The van der Waals surface area contributed by atoms with E-state index in [-0.39, 0.29) is 16.1 Å². The van der Waals surface area contributed by atoms with Crippen LogP contribution in [0.3, 0.4) is 0 Å². The molecule has 7 nitrogen and oxygen atoms in total. The first-order chi connectivity index (χ1) is 12.1. The van der Waals surface area contributed by atoms with Gasteiger partial charge in [0, 0.05) is 11.8 Å². The molecule has 138 valence electrons. The number of carbonyl (C=O) groups is 2. The largest absolute Gasteiger partial charge is 0.452 e. The maximum atomic E-state index is 13.0. The molecule has 0 aliphatic heterocycles. The Balaban J connectivity index is 2.03. The zero-order valence-electron chi connectivity index (χ0n) is 13.5. The molecule has 0 unspecified atom stereocenters. The van der Waals surface area contributed by atoms with Crippen LogP contribution in [0.2, 0.25) is 0 Å². The van der Waals surface area contributed by atoms with Gasteiger partial charge in [0.05, 0.1) is 10.5 Å². The Bertz CT molecular complexity index is 956. The molecule has 3 N–H and O–H groups in total. The Hall–Kier alpha value is -2.85. The highest BCUT2D eigenvalue weighted by molar-refractivity contribution is 7.89. The predicted octanol–water partition coefficient (Wildman–Crippen LogP) is 1.72. The number of nitrogens with one attached hydrogen (secondary N) is 1. The molecular formula is C16H14F2N2O5S. The van der Waals surface area contributed by atoms with Crippen molar-refractivity contribution in [1.29, 1.82) is 0 Å². The van der Waals surface area contributed by atoms with Crippen LogP contribution in [-0.4, -0.2) is 26.9 Å². The second-order valence-electron chi connectivity index (χ2n) is 5.31. The number of amides is 1. The summed E-state index contributed by atoms with van der Waals surface area (Å²) in [6.07, 6.45) is 0. The number of hydrogen-bond acceptors (Lipinski definition) is 5. The molecule has 0 radical (unpaired) electrons. The van der Waals surface area contributed by atoms with Crippen molar-refractivity contribution >= 4 is 27.6 Å². The minimum atomic E-state index is -4.03. The van der Waals surface area contributed by atoms with E-state index in [1.807, 2.05) is 0 Å². The smallest absolute Gasteiger partial charge is 0.338 e. The number of carbonyl (C=O) groups excluding carboxylic acids is 2. The minimum absolute atomic E-state index is 0.121. The molecule has 26 heavy (non-hydrogen) atoms. The summed E-state index contributed by atoms with van der Waals surface area (Å²) in [4.78, 5) is 23.4. The maximum Gasteiger partial charge on any atom is 0.338 e. The van der Waals surface area contributed by atoms with E-state index in [4.69, 9.17) is 9.88 Å². The summed E-state index contributed by atoms with van der Waals surface area (Å²) in [6.45, 7) is 0.760. The fourth-order valence-corrected chi connectivity index (χ4v) is 2.88. The summed E-state index contributed by atoms with van der Waals surface area (Å²) in [5.41, 5.74) is 0.0783. The Morgan fingerprint density at radius 1 is 1.12 bits per heavy atom. The first-order valence-corrected chi connectivity index (χ1v) is 8.67. The molecule has 0 aliphatic rings. The second-order valence-corrected chi connectivity index (χ2v) is 6.84. The molecular weight excluding hydrogens is 370 g/mol. The predicted molar refractivity (Wildman–Crippen MR) is 87.8 cm³/mol. The molecule has 0 atom stereocenters. The van der Waals surface area contributed by atoms with Crippen LogP contribution in [0, 0.1) is 18.6 Å². The molecule has 0 aliphatic carbocycles. The first-order valence-electron chi connectivity index (χ1n) is 7.13. The van der Waals surface area contributed by atoms with Crippen LogP contribution < -0.4 is 10.5 Å². The Morgan fingerprint density at radius 2 is 1.73 bits per heavy atom. The number of primary sulfonamides is 1. The van der Waals surface area contributed by atoms with Crippen molar-refractivity contribution in [3.63, 3.8) is 0 Å². The Kier molecular flexibility index (Phi) is 5.68. The SMILES string of the molecule is Cc1ccc(C(=O)OCC(=O)Nc2cc(F)cc(F)c2)cc1S(N)(=O)=O. The number of benzene rings is 2. The molecule has 0 saturated carbocycles. The highest BCUT2D eigenvalue weighted by Gasteiger charge is 2.17. The van der Waals surface area contributed by atoms with E-state index in [0.717, 1.165) is 18.2 Å². The number of halogens is 2. The lowest BCUT2D eigenvalue weighted by Gasteiger charge is -2.09. The zero-order chi connectivity index (χ0) is 19.5. The molecule has 2 aromatic rings. The third kappa shape index (κ3) is 5.07. The molecule has 0 fully saturated rings. The van der Waals surface area contributed by atoms with Gasteiger partial charge in [0.25, 0.3) is 5.91 Å². The van der Waals surface area contributed by atoms with Gasteiger partial charge in [0.1, 0.15) is 11.6 Å². The fraction of sp³-hybridized carbons (Fsp3) is 0.125.